The van der Waals surface area contributed by atoms with Crippen molar-refractivity contribution >= 4 is 5.91 Å². The molecule has 0 aromatic carbocycles. The molecule has 4 nitrogen and oxygen atoms in total. The third-order valence-electron chi connectivity index (χ3n) is 4.91. The van der Waals surface area contributed by atoms with Gasteiger partial charge in [0, 0.05) is 26.2 Å². The number of carbonyl (C=O) groups is 1. The Morgan fingerprint density at radius 2 is 1.95 bits per heavy atom. The Hall–Kier alpha value is -0.610. The third-order valence-corrected chi connectivity index (χ3v) is 4.91. The lowest BCUT2D eigenvalue weighted by Crippen LogP contribution is -2.53. The van der Waals surface area contributed by atoms with Crippen molar-refractivity contribution in [3.05, 3.63) is 0 Å². The van der Waals surface area contributed by atoms with E-state index in [1.165, 1.54) is 32.1 Å². The highest BCUT2D eigenvalue weighted by Gasteiger charge is 2.28. The van der Waals surface area contributed by atoms with Gasteiger partial charge in [0.1, 0.15) is 0 Å². The monoisotopic (exact) mass is 281 g/mol. The summed E-state index contributed by atoms with van der Waals surface area (Å²) >= 11 is 0. The Bertz CT molecular complexity index is 302. The third kappa shape index (κ3) is 4.19. The minimum atomic E-state index is 0.0634. The molecule has 4 heteroatoms. The molecule has 1 amide bonds. The lowest BCUT2D eigenvalue weighted by molar-refractivity contribution is -0.137. The predicted molar refractivity (Wildman–Crippen MR) is 82.7 cm³/mol. The summed E-state index contributed by atoms with van der Waals surface area (Å²) < 4.78 is 0. The van der Waals surface area contributed by atoms with Crippen molar-refractivity contribution < 1.29 is 4.79 Å². The molecular formula is C16H31N3O. The van der Waals surface area contributed by atoms with Crippen LogP contribution in [0.4, 0.5) is 0 Å². The van der Waals surface area contributed by atoms with Gasteiger partial charge in [0.25, 0.3) is 0 Å². The Kier molecular flexibility index (Phi) is 6.30. The van der Waals surface area contributed by atoms with E-state index in [1.54, 1.807) is 0 Å². The van der Waals surface area contributed by atoms with Crippen LogP contribution >= 0.6 is 0 Å². The molecule has 0 aliphatic carbocycles. The van der Waals surface area contributed by atoms with E-state index in [2.05, 4.69) is 24.1 Å². The van der Waals surface area contributed by atoms with E-state index >= 15 is 0 Å². The van der Waals surface area contributed by atoms with Crippen molar-refractivity contribution in [2.24, 2.45) is 5.92 Å². The van der Waals surface area contributed by atoms with Crippen molar-refractivity contribution in [2.45, 2.75) is 52.0 Å². The maximum absolute atomic E-state index is 12.6. The highest BCUT2D eigenvalue weighted by atomic mass is 16.2. The Morgan fingerprint density at radius 3 is 2.65 bits per heavy atom. The molecule has 0 radical (unpaired) electrons. The second-order valence-electron chi connectivity index (χ2n) is 6.37. The van der Waals surface area contributed by atoms with E-state index in [4.69, 9.17) is 0 Å². The summed E-state index contributed by atoms with van der Waals surface area (Å²) in [6, 6.07) is 0.0634. The zero-order valence-electron chi connectivity index (χ0n) is 13.2. The largest absolute Gasteiger partial charge is 0.339 e. The summed E-state index contributed by atoms with van der Waals surface area (Å²) in [6.07, 6.45) is 6.52. The van der Waals surface area contributed by atoms with Crippen LogP contribution in [0.3, 0.4) is 0 Å². The highest BCUT2D eigenvalue weighted by Crippen LogP contribution is 2.23. The van der Waals surface area contributed by atoms with Crippen LogP contribution in [0.2, 0.25) is 0 Å². The molecule has 0 saturated carbocycles. The molecule has 2 fully saturated rings. The molecular weight excluding hydrogens is 250 g/mol. The van der Waals surface area contributed by atoms with Crippen LogP contribution in [0.1, 0.15) is 46.0 Å². The number of hydrogen-bond acceptors (Lipinski definition) is 3. The number of amides is 1. The van der Waals surface area contributed by atoms with Crippen LogP contribution in [-0.2, 0) is 4.79 Å². The van der Waals surface area contributed by atoms with Gasteiger partial charge in [0.2, 0.25) is 5.91 Å². The molecule has 2 heterocycles. The van der Waals surface area contributed by atoms with Gasteiger partial charge in [0.15, 0.2) is 0 Å². The fraction of sp³-hybridized carbons (Fsp3) is 0.938. The number of rotatable bonds is 4. The molecule has 1 N–H and O–H groups in total. The van der Waals surface area contributed by atoms with Gasteiger partial charge < -0.3 is 10.2 Å². The van der Waals surface area contributed by atoms with Crippen LogP contribution in [0, 0.1) is 5.92 Å². The van der Waals surface area contributed by atoms with Crippen LogP contribution < -0.4 is 5.32 Å². The molecule has 20 heavy (non-hydrogen) atoms. The van der Waals surface area contributed by atoms with Crippen LogP contribution in [0.15, 0.2) is 0 Å². The summed E-state index contributed by atoms with van der Waals surface area (Å²) in [5.41, 5.74) is 0. The first-order valence-electron chi connectivity index (χ1n) is 8.46. The topological polar surface area (TPSA) is 35.6 Å². The zero-order chi connectivity index (χ0) is 14.4. The normalized spacial score (nSPS) is 27.1. The molecule has 2 rings (SSSR count). The van der Waals surface area contributed by atoms with E-state index in [0.717, 1.165) is 45.2 Å². The first kappa shape index (κ1) is 15.8. The number of piperazine rings is 1. The first-order chi connectivity index (χ1) is 9.72. The smallest absolute Gasteiger partial charge is 0.239 e. The Labute approximate surface area is 123 Å². The van der Waals surface area contributed by atoms with E-state index in [9.17, 15) is 4.79 Å². The Balaban J connectivity index is 1.84. The van der Waals surface area contributed by atoms with Crippen molar-refractivity contribution in [1.82, 2.24) is 15.1 Å². The van der Waals surface area contributed by atoms with Gasteiger partial charge in [-0.15, -0.1) is 0 Å². The molecule has 2 aliphatic heterocycles. The molecule has 2 atom stereocenters. The van der Waals surface area contributed by atoms with Gasteiger partial charge in [-0.05, 0) is 45.2 Å². The highest BCUT2D eigenvalue weighted by molar-refractivity contribution is 5.81. The van der Waals surface area contributed by atoms with Gasteiger partial charge in [-0.2, -0.15) is 0 Å². The second kappa shape index (κ2) is 7.99. The number of carbonyl (C=O) groups excluding carboxylic acids is 1. The SMILES string of the molecule is CCCC1CCCN(C(C)C(=O)N2CCNCC2)CC1. The molecule has 2 unspecified atom stereocenters. The predicted octanol–water partition coefficient (Wildman–Crippen LogP) is 1.71. The summed E-state index contributed by atoms with van der Waals surface area (Å²) in [6.45, 7) is 10.2. The van der Waals surface area contributed by atoms with E-state index < -0.39 is 0 Å². The van der Waals surface area contributed by atoms with E-state index in [-0.39, 0.29) is 6.04 Å². The van der Waals surface area contributed by atoms with Crippen molar-refractivity contribution in [3.8, 4) is 0 Å². The average Bonchev–Trinajstić information content (AvgIpc) is 2.73. The van der Waals surface area contributed by atoms with Crippen molar-refractivity contribution in [3.63, 3.8) is 0 Å². The minimum Gasteiger partial charge on any atom is -0.339 e. The maximum atomic E-state index is 12.6. The summed E-state index contributed by atoms with van der Waals surface area (Å²) in [7, 11) is 0. The van der Waals surface area contributed by atoms with Crippen LogP contribution in [0.25, 0.3) is 0 Å². The van der Waals surface area contributed by atoms with Gasteiger partial charge in [-0.1, -0.05) is 19.8 Å². The van der Waals surface area contributed by atoms with E-state index in [1.807, 2.05) is 4.90 Å². The standard InChI is InChI=1S/C16H31N3O/c1-3-5-15-6-4-10-18(11-7-15)14(2)16(20)19-12-8-17-9-13-19/h14-15,17H,3-13H2,1-2H3. The molecule has 2 aliphatic rings. The molecule has 0 aromatic rings. The fourth-order valence-corrected chi connectivity index (χ4v) is 3.58. The fourth-order valence-electron chi connectivity index (χ4n) is 3.58. The molecule has 2 saturated heterocycles. The maximum Gasteiger partial charge on any atom is 0.239 e. The number of hydrogen-bond donors (Lipinski definition) is 1. The number of nitrogens with one attached hydrogen (secondary N) is 1. The van der Waals surface area contributed by atoms with E-state index in [0.29, 0.717) is 5.91 Å². The van der Waals surface area contributed by atoms with Crippen molar-refractivity contribution in [1.29, 1.82) is 0 Å². The second-order valence-corrected chi connectivity index (χ2v) is 6.37. The molecule has 0 spiro atoms. The van der Waals surface area contributed by atoms with Crippen LogP contribution in [-0.4, -0.2) is 61.0 Å². The number of nitrogens with zero attached hydrogens (tertiary/aromatic N) is 2. The first-order valence-corrected chi connectivity index (χ1v) is 8.46. The summed E-state index contributed by atoms with van der Waals surface area (Å²) in [4.78, 5) is 17.0. The molecule has 116 valence electrons. The van der Waals surface area contributed by atoms with Gasteiger partial charge in [0.05, 0.1) is 6.04 Å². The summed E-state index contributed by atoms with van der Waals surface area (Å²) in [5, 5.41) is 3.31. The van der Waals surface area contributed by atoms with Crippen LogP contribution in [0.5, 0.6) is 0 Å². The van der Waals surface area contributed by atoms with Crippen molar-refractivity contribution in [2.75, 3.05) is 39.3 Å². The molecule has 0 aromatic heterocycles. The Morgan fingerprint density at radius 1 is 1.20 bits per heavy atom. The lowest BCUT2D eigenvalue weighted by Gasteiger charge is -2.34. The number of likely N-dealkylation sites (tertiary alicyclic amines) is 1. The lowest BCUT2D eigenvalue weighted by atomic mass is 9.96. The van der Waals surface area contributed by atoms with Gasteiger partial charge >= 0.3 is 0 Å². The van der Waals surface area contributed by atoms with Gasteiger partial charge in [-0.25, -0.2) is 0 Å². The minimum absolute atomic E-state index is 0.0634. The molecule has 0 bridgehead atoms. The zero-order valence-corrected chi connectivity index (χ0v) is 13.2. The average molecular weight is 281 g/mol. The van der Waals surface area contributed by atoms with Gasteiger partial charge in [-0.3, -0.25) is 9.69 Å². The summed E-state index contributed by atoms with van der Waals surface area (Å²) in [5.74, 6) is 1.21. The quantitative estimate of drug-likeness (QED) is 0.852.